The number of nitrogens with zero attached hydrogens (tertiary/aromatic N) is 2. The van der Waals surface area contributed by atoms with E-state index >= 15 is 0 Å². The summed E-state index contributed by atoms with van der Waals surface area (Å²) in [6, 6.07) is 14.1. The Morgan fingerprint density at radius 2 is 1.92 bits per heavy atom. The number of amides is 1. The molecule has 134 valence electrons. The summed E-state index contributed by atoms with van der Waals surface area (Å²) in [6.45, 7) is 7.88. The van der Waals surface area contributed by atoms with E-state index in [9.17, 15) is 4.79 Å². The number of anilines is 1. The minimum Gasteiger partial charge on any atom is -0.459 e. The van der Waals surface area contributed by atoms with Gasteiger partial charge in [0.25, 0.3) is 5.91 Å². The average Bonchev–Trinajstić information content (AvgIpc) is 3.30. The van der Waals surface area contributed by atoms with Crippen molar-refractivity contribution in [2.75, 3.05) is 11.6 Å². The fraction of sp³-hybridized carbons (Fsp3) is 0.286. The number of carbonyl (C=O) groups excluding carboxylic acids is 1. The molecule has 1 aromatic carbocycles. The molecular weight excluding hydrogens is 344 g/mol. The molecule has 0 radical (unpaired) electrons. The van der Waals surface area contributed by atoms with Crippen LogP contribution in [0.5, 0.6) is 0 Å². The molecule has 4 rings (SSSR count). The van der Waals surface area contributed by atoms with Gasteiger partial charge in [0.05, 0.1) is 12.9 Å². The van der Waals surface area contributed by atoms with Crippen molar-refractivity contribution in [3.05, 3.63) is 76.1 Å². The van der Waals surface area contributed by atoms with Crippen LogP contribution in [0, 0.1) is 13.8 Å². The van der Waals surface area contributed by atoms with Crippen LogP contribution in [0.25, 0.3) is 0 Å². The summed E-state index contributed by atoms with van der Waals surface area (Å²) in [5, 5.41) is 1.05. The number of benzene rings is 1. The van der Waals surface area contributed by atoms with Gasteiger partial charge in [0.1, 0.15) is 5.00 Å². The van der Waals surface area contributed by atoms with Crippen molar-refractivity contribution in [1.29, 1.82) is 0 Å². The molecule has 1 atom stereocenters. The summed E-state index contributed by atoms with van der Waals surface area (Å²) in [7, 11) is 0. The first-order chi connectivity index (χ1) is 12.6. The second-order valence-corrected chi connectivity index (χ2v) is 7.96. The number of hydrogen-bond donors (Lipinski definition) is 0. The van der Waals surface area contributed by atoms with Gasteiger partial charge in [-0.2, -0.15) is 0 Å². The number of hydrogen-bond acceptors (Lipinski definition) is 4. The standard InChI is InChI=1S/C21H22N2O2S/c1-14-16(3)26-21-18(14)12-22(15(2)17-8-5-4-6-9-17)13-23(21)20(24)19-10-7-11-25-19/h4-11,15H,12-13H2,1-3H3. The van der Waals surface area contributed by atoms with Crippen molar-refractivity contribution in [2.24, 2.45) is 0 Å². The molecule has 4 nitrogen and oxygen atoms in total. The van der Waals surface area contributed by atoms with Crippen molar-refractivity contribution in [3.8, 4) is 0 Å². The minimum atomic E-state index is -0.0811. The van der Waals surface area contributed by atoms with E-state index in [-0.39, 0.29) is 11.9 Å². The molecule has 3 heterocycles. The van der Waals surface area contributed by atoms with Gasteiger partial charge >= 0.3 is 0 Å². The van der Waals surface area contributed by atoms with Gasteiger partial charge in [-0.05, 0) is 44.0 Å². The third-order valence-corrected chi connectivity index (χ3v) is 6.50. The van der Waals surface area contributed by atoms with Gasteiger partial charge in [-0.15, -0.1) is 11.3 Å². The fourth-order valence-corrected chi connectivity index (χ4v) is 4.61. The molecule has 0 fully saturated rings. The normalized spacial score (nSPS) is 15.7. The van der Waals surface area contributed by atoms with E-state index in [1.807, 2.05) is 11.0 Å². The van der Waals surface area contributed by atoms with E-state index < -0.39 is 0 Å². The monoisotopic (exact) mass is 366 g/mol. The lowest BCUT2D eigenvalue weighted by Gasteiger charge is -2.38. The van der Waals surface area contributed by atoms with Crippen LogP contribution < -0.4 is 4.90 Å². The SMILES string of the molecule is Cc1sc2c(c1C)CN(C(C)c1ccccc1)CN2C(=O)c1ccco1. The third-order valence-electron chi connectivity index (χ3n) is 5.22. The first-order valence-corrected chi connectivity index (χ1v) is 9.61. The van der Waals surface area contributed by atoms with Gasteiger partial charge in [-0.1, -0.05) is 30.3 Å². The van der Waals surface area contributed by atoms with E-state index in [4.69, 9.17) is 4.42 Å². The van der Waals surface area contributed by atoms with Crippen molar-refractivity contribution >= 4 is 22.2 Å². The summed E-state index contributed by atoms with van der Waals surface area (Å²) in [5.74, 6) is 0.302. The first-order valence-electron chi connectivity index (χ1n) is 8.79. The molecule has 1 aliphatic rings. The largest absolute Gasteiger partial charge is 0.459 e. The molecule has 1 amide bonds. The van der Waals surface area contributed by atoms with Gasteiger partial charge in [0.15, 0.2) is 5.76 Å². The topological polar surface area (TPSA) is 36.7 Å². The Morgan fingerprint density at radius 1 is 1.15 bits per heavy atom. The lowest BCUT2D eigenvalue weighted by molar-refractivity contribution is 0.0916. The maximum Gasteiger partial charge on any atom is 0.295 e. The summed E-state index contributed by atoms with van der Waals surface area (Å²) in [5.41, 5.74) is 3.79. The van der Waals surface area contributed by atoms with Crippen LogP contribution in [0.1, 0.15) is 45.1 Å². The zero-order chi connectivity index (χ0) is 18.3. The highest BCUT2D eigenvalue weighted by Gasteiger charge is 2.34. The molecule has 0 spiro atoms. The first kappa shape index (κ1) is 17.1. The molecular formula is C21H22N2O2S. The second kappa shape index (κ2) is 6.74. The number of furan rings is 1. The van der Waals surface area contributed by atoms with Crippen LogP contribution >= 0.6 is 11.3 Å². The molecule has 3 aromatic rings. The Labute approximate surface area is 157 Å². The number of rotatable bonds is 3. The lowest BCUT2D eigenvalue weighted by atomic mass is 10.0. The van der Waals surface area contributed by atoms with Crippen molar-refractivity contribution < 1.29 is 9.21 Å². The predicted octanol–water partition coefficient (Wildman–Crippen LogP) is 5.14. The second-order valence-electron chi connectivity index (χ2n) is 6.75. The van der Waals surface area contributed by atoms with E-state index in [1.165, 1.54) is 21.6 Å². The molecule has 2 aromatic heterocycles. The number of carbonyl (C=O) groups is 1. The highest BCUT2D eigenvalue weighted by atomic mass is 32.1. The van der Waals surface area contributed by atoms with E-state index in [0.29, 0.717) is 12.4 Å². The van der Waals surface area contributed by atoms with Crippen LogP contribution in [0.4, 0.5) is 5.00 Å². The van der Waals surface area contributed by atoms with E-state index in [2.05, 4.69) is 49.9 Å². The number of aryl methyl sites for hydroxylation is 1. The smallest absolute Gasteiger partial charge is 0.295 e. The lowest BCUT2D eigenvalue weighted by Crippen LogP contribution is -2.45. The van der Waals surface area contributed by atoms with E-state index in [0.717, 1.165) is 11.5 Å². The molecule has 0 N–H and O–H groups in total. The molecule has 1 unspecified atom stereocenters. The van der Waals surface area contributed by atoms with Gasteiger partial charge in [0, 0.05) is 23.0 Å². The molecule has 0 bridgehead atoms. The van der Waals surface area contributed by atoms with Gasteiger partial charge in [-0.25, -0.2) is 0 Å². The Morgan fingerprint density at radius 3 is 2.62 bits per heavy atom. The molecule has 1 aliphatic heterocycles. The van der Waals surface area contributed by atoms with Crippen LogP contribution in [0.15, 0.2) is 53.1 Å². The number of fused-ring (bicyclic) bond motifs is 1. The zero-order valence-electron chi connectivity index (χ0n) is 15.2. The van der Waals surface area contributed by atoms with Gasteiger partial charge < -0.3 is 4.42 Å². The summed E-state index contributed by atoms with van der Waals surface area (Å²) < 4.78 is 5.38. The van der Waals surface area contributed by atoms with Crippen LogP contribution in [-0.4, -0.2) is 17.5 Å². The summed E-state index contributed by atoms with van der Waals surface area (Å²) in [4.78, 5) is 18.5. The highest BCUT2D eigenvalue weighted by Crippen LogP contribution is 2.41. The number of thiophene rings is 1. The quantitative estimate of drug-likeness (QED) is 0.644. The molecule has 5 heteroatoms. The van der Waals surface area contributed by atoms with Crippen LogP contribution in [-0.2, 0) is 6.54 Å². The van der Waals surface area contributed by atoms with Crippen molar-refractivity contribution in [1.82, 2.24) is 4.90 Å². The Balaban J connectivity index is 1.72. The molecule has 0 aliphatic carbocycles. The molecule has 0 saturated heterocycles. The summed E-state index contributed by atoms with van der Waals surface area (Å²) in [6.07, 6.45) is 1.55. The predicted molar refractivity (Wildman–Crippen MR) is 105 cm³/mol. The Hall–Kier alpha value is -2.37. The summed E-state index contributed by atoms with van der Waals surface area (Å²) >= 11 is 1.70. The highest BCUT2D eigenvalue weighted by molar-refractivity contribution is 7.16. The third kappa shape index (κ3) is 2.87. The molecule has 0 saturated carbocycles. The average molecular weight is 366 g/mol. The van der Waals surface area contributed by atoms with Crippen molar-refractivity contribution in [2.45, 2.75) is 33.4 Å². The minimum absolute atomic E-state index is 0.0811. The molecule has 26 heavy (non-hydrogen) atoms. The fourth-order valence-electron chi connectivity index (χ4n) is 3.45. The van der Waals surface area contributed by atoms with Gasteiger partial charge in [-0.3, -0.25) is 14.6 Å². The van der Waals surface area contributed by atoms with E-state index in [1.54, 1.807) is 29.7 Å². The van der Waals surface area contributed by atoms with Crippen LogP contribution in [0.3, 0.4) is 0 Å². The van der Waals surface area contributed by atoms with Gasteiger partial charge in [0.2, 0.25) is 0 Å². The zero-order valence-corrected chi connectivity index (χ0v) is 16.0. The Kier molecular flexibility index (Phi) is 4.42. The van der Waals surface area contributed by atoms with Crippen LogP contribution in [0.2, 0.25) is 0 Å². The van der Waals surface area contributed by atoms with Crippen molar-refractivity contribution in [3.63, 3.8) is 0 Å². The maximum atomic E-state index is 13.1. The Bertz CT molecular complexity index is 915. The maximum absolute atomic E-state index is 13.1.